The molecule has 1 aromatic rings. The van der Waals surface area contributed by atoms with Crippen molar-refractivity contribution in [3.8, 4) is 0 Å². The maximum Gasteiger partial charge on any atom is 0.397 e. The molecule has 2 aliphatic rings. The van der Waals surface area contributed by atoms with Gasteiger partial charge in [-0.15, -0.1) is 0 Å². The summed E-state index contributed by atoms with van der Waals surface area (Å²) < 4.78 is 37.1. The van der Waals surface area contributed by atoms with E-state index in [0.29, 0.717) is 19.0 Å². The van der Waals surface area contributed by atoms with Gasteiger partial charge in [-0.25, -0.2) is 9.97 Å². The van der Waals surface area contributed by atoms with Crippen molar-refractivity contribution in [2.75, 3.05) is 31.1 Å². The number of aromatic nitrogens is 2. The Bertz CT molecular complexity index is 556. The Morgan fingerprint density at radius 3 is 2.35 bits per heavy atom. The maximum absolute atomic E-state index is 12.4. The Balaban J connectivity index is 1.56. The van der Waals surface area contributed by atoms with Gasteiger partial charge in [-0.1, -0.05) is 0 Å². The number of carbonyl (C=O) groups excluding carboxylic acids is 1. The summed E-state index contributed by atoms with van der Waals surface area (Å²) in [5.41, 5.74) is -0.0491. The standard InChI is InChI=1S/C15H19F3N4O/c16-15(17,18)10-12(23)22-9-4-14(11-22)2-7-21(8-3-14)13-19-5-1-6-20-13/h1,5-6H,2-4,7-11H2. The smallest absolute Gasteiger partial charge is 0.342 e. The van der Waals surface area contributed by atoms with Crippen molar-refractivity contribution in [2.24, 2.45) is 5.41 Å². The van der Waals surface area contributed by atoms with Gasteiger partial charge in [0.1, 0.15) is 6.42 Å². The topological polar surface area (TPSA) is 49.3 Å². The molecular weight excluding hydrogens is 309 g/mol. The largest absolute Gasteiger partial charge is 0.397 e. The summed E-state index contributed by atoms with van der Waals surface area (Å²) in [7, 11) is 0. The fourth-order valence-electron chi connectivity index (χ4n) is 3.47. The molecule has 0 atom stereocenters. The highest BCUT2D eigenvalue weighted by atomic mass is 19.4. The summed E-state index contributed by atoms with van der Waals surface area (Å²) in [6, 6.07) is 1.76. The van der Waals surface area contributed by atoms with E-state index in [-0.39, 0.29) is 5.41 Å². The average Bonchev–Trinajstić information content (AvgIpc) is 2.91. The van der Waals surface area contributed by atoms with Crippen LogP contribution in [-0.2, 0) is 4.79 Å². The van der Waals surface area contributed by atoms with E-state index >= 15 is 0 Å². The zero-order valence-electron chi connectivity index (χ0n) is 12.7. The summed E-state index contributed by atoms with van der Waals surface area (Å²) in [6.45, 7) is 2.40. The molecule has 2 fully saturated rings. The SMILES string of the molecule is O=C(CC(F)(F)F)N1CCC2(CCN(c3ncccn3)CC2)C1. The van der Waals surface area contributed by atoms with Crippen LogP contribution in [0.15, 0.2) is 18.5 Å². The molecule has 1 aromatic heterocycles. The fourth-order valence-corrected chi connectivity index (χ4v) is 3.47. The van der Waals surface area contributed by atoms with Gasteiger partial charge in [-0.2, -0.15) is 13.2 Å². The van der Waals surface area contributed by atoms with Gasteiger partial charge in [-0.05, 0) is 30.7 Å². The molecule has 0 saturated carbocycles. The van der Waals surface area contributed by atoms with Gasteiger partial charge in [0.05, 0.1) is 0 Å². The lowest BCUT2D eigenvalue weighted by Gasteiger charge is -2.39. The van der Waals surface area contributed by atoms with Gasteiger partial charge < -0.3 is 9.80 Å². The number of piperidine rings is 1. The van der Waals surface area contributed by atoms with Crippen LogP contribution < -0.4 is 4.90 Å². The first kappa shape index (κ1) is 16.0. The van der Waals surface area contributed by atoms with Gasteiger partial charge in [0, 0.05) is 38.6 Å². The second-order valence-corrected chi connectivity index (χ2v) is 6.39. The molecule has 0 radical (unpaired) electrons. The molecule has 2 saturated heterocycles. The molecule has 3 rings (SSSR count). The predicted molar refractivity (Wildman–Crippen MR) is 77.8 cm³/mol. The molecule has 23 heavy (non-hydrogen) atoms. The minimum atomic E-state index is -4.43. The first-order valence-electron chi connectivity index (χ1n) is 7.73. The summed E-state index contributed by atoms with van der Waals surface area (Å²) >= 11 is 0. The highest BCUT2D eigenvalue weighted by Gasteiger charge is 2.44. The van der Waals surface area contributed by atoms with Gasteiger partial charge in [-0.3, -0.25) is 4.79 Å². The van der Waals surface area contributed by atoms with Crippen molar-refractivity contribution in [3.05, 3.63) is 18.5 Å². The quantitative estimate of drug-likeness (QED) is 0.835. The monoisotopic (exact) mass is 328 g/mol. The van der Waals surface area contributed by atoms with Crippen LogP contribution in [0.4, 0.5) is 19.1 Å². The second kappa shape index (κ2) is 5.98. The van der Waals surface area contributed by atoms with Gasteiger partial charge in [0.25, 0.3) is 0 Å². The highest BCUT2D eigenvalue weighted by molar-refractivity contribution is 5.77. The number of nitrogens with zero attached hydrogens (tertiary/aromatic N) is 4. The van der Waals surface area contributed by atoms with E-state index < -0.39 is 18.5 Å². The number of carbonyl (C=O) groups is 1. The Morgan fingerprint density at radius 1 is 1.13 bits per heavy atom. The minimum absolute atomic E-state index is 0.0491. The second-order valence-electron chi connectivity index (χ2n) is 6.39. The van der Waals surface area contributed by atoms with Crippen molar-refractivity contribution < 1.29 is 18.0 Å². The zero-order valence-corrected chi connectivity index (χ0v) is 12.7. The van der Waals surface area contributed by atoms with E-state index in [1.54, 1.807) is 18.5 Å². The lowest BCUT2D eigenvalue weighted by atomic mass is 9.78. The Hall–Kier alpha value is -1.86. The molecule has 8 heteroatoms. The third-order valence-electron chi connectivity index (χ3n) is 4.80. The van der Waals surface area contributed by atoms with Gasteiger partial charge in [0.15, 0.2) is 0 Å². The highest BCUT2D eigenvalue weighted by Crippen LogP contribution is 2.41. The van der Waals surface area contributed by atoms with Crippen molar-refractivity contribution >= 4 is 11.9 Å². The number of hydrogen-bond acceptors (Lipinski definition) is 4. The number of halogens is 3. The van der Waals surface area contributed by atoms with Crippen LogP contribution >= 0.6 is 0 Å². The number of hydrogen-bond donors (Lipinski definition) is 0. The van der Waals surface area contributed by atoms with E-state index in [2.05, 4.69) is 14.9 Å². The minimum Gasteiger partial charge on any atom is -0.342 e. The Labute approximate surface area is 132 Å². The first-order chi connectivity index (χ1) is 10.9. The van der Waals surface area contributed by atoms with Crippen LogP contribution in [0.25, 0.3) is 0 Å². The molecular formula is C15H19F3N4O. The molecule has 126 valence electrons. The van der Waals surface area contributed by atoms with Crippen LogP contribution in [0.3, 0.4) is 0 Å². The van der Waals surface area contributed by atoms with Crippen LogP contribution in [0.5, 0.6) is 0 Å². The zero-order chi connectivity index (χ0) is 16.5. The number of likely N-dealkylation sites (tertiary alicyclic amines) is 1. The number of alkyl halides is 3. The van der Waals surface area contributed by atoms with Gasteiger partial charge in [0.2, 0.25) is 11.9 Å². The molecule has 0 aliphatic carbocycles. The van der Waals surface area contributed by atoms with Crippen LogP contribution in [0, 0.1) is 5.41 Å². The molecule has 0 bridgehead atoms. The molecule has 1 amide bonds. The summed E-state index contributed by atoms with van der Waals surface area (Å²) in [5, 5.41) is 0. The molecule has 0 unspecified atom stereocenters. The van der Waals surface area contributed by atoms with Crippen molar-refractivity contribution in [3.63, 3.8) is 0 Å². The molecule has 3 heterocycles. The lowest BCUT2D eigenvalue weighted by Crippen LogP contribution is -2.43. The van der Waals surface area contributed by atoms with Crippen LogP contribution in [-0.4, -0.2) is 53.1 Å². The molecule has 0 aromatic carbocycles. The van der Waals surface area contributed by atoms with Crippen LogP contribution in [0.2, 0.25) is 0 Å². The van der Waals surface area contributed by atoms with E-state index in [4.69, 9.17) is 0 Å². The normalized spacial score (nSPS) is 21.0. The average molecular weight is 328 g/mol. The predicted octanol–water partition coefficient (Wildman–Crippen LogP) is 2.25. The number of anilines is 1. The number of rotatable bonds is 2. The van der Waals surface area contributed by atoms with E-state index in [9.17, 15) is 18.0 Å². The van der Waals surface area contributed by atoms with E-state index in [1.807, 2.05) is 0 Å². The summed E-state index contributed by atoms with van der Waals surface area (Å²) in [4.78, 5) is 23.7. The molecule has 1 spiro atoms. The Kier molecular flexibility index (Phi) is 4.16. The van der Waals surface area contributed by atoms with Crippen LogP contribution in [0.1, 0.15) is 25.7 Å². The fraction of sp³-hybridized carbons (Fsp3) is 0.667. The van der Waals surface area contributed by atoms with Crippen molar-refractivity contribution in [1.82, 2.24) is 14.9 Å². The van der Waals surface area contributed by atoms with Crippen molar-refractivity contribution in [1.29, 1.82) is 0 Å². The summed E-state index contributed by atoms with van der Waals surface area (Å²) in [5.74, 6) is -0.117. The van der Waals surface area contributed by atoms with E-state index in [1.165, 1.54) is 4.90 Å². The first-order valence-corrected chi connectivity index (χ1v) is 7.73. The summed E-state index contributed by atoms with van der Waals surface area (Å²) in [6.07, 6.45) is 0.0791. The van der Waals surface area contributed by atoms with Crippen molar-refractivity contribution in [2.45, 2.75) is 31.9 Å². The lowest BCUT2D eigenvalue weighted by molar-refractivity contribution is -0.160. The maximum atomic E-state index is 12.4. The Morgan fingerprint density at radius 2 is 1.74 bits per heavy atom. The van der Waals surface area contributed by atoms with Gasteiger partial charge >= 0.3 is 6.18 Å². The molecule has 0 N–H and O–H groups in total. The molecule has 5 nitrogen and oxygen atoms in total. The third kappa shape index (κ3) is 3.73. The molecule has 2 aliphatic heterocycles. The third-order valence-corrected chi connectivity index (χ3v) is 4.80. The van der Waals surface area contributed by atoms with E-state index in [0.717, 1.165) is 32.4 Å². The number of amides is 1.